The fourth-order valence-electron chi connectivity index (χ4n) is 6.99. The highest BCUT2D eigenvalue weighted by Crippen LogP contribution is 2.33. The lowest BCUT2D eigenvalue weighted by Gasteiger charge is -2.25. The summed E-state index contributed by atoms with van der Waals surface area (Å²) in [7, 11) is 0. The smallest absolute Gasteiger partial charge is 0.315 e. The van der Waals surface area contributed by atoms with E-state index >= 15 is 0 Å². The predicted molar refractivity (Wildman–Crippen MR) is 233 cm³/mol. The van der Waals surface area contributed by atoms with Gasteiger partial charge >= 0.3 is 6.03 Å². The summed E-state index contributed by atoms with van der Waals surface area (Å²) in [6, 6.07) is -3.84. The van der Waals surface area contributed by atoms with Crippen LogP contribution in [0.4, 0.5) is 4.79 Å². The maximum atomic E-state index is 13.5. The number of nitrogens with two attached hydrogens (primary N) is 4. The minimum atomic E-state index is -1.61. The van der Waals surface area contributed by atoms with E-state index < -0.39 is 90.8 Å². The van der Waals surface area contributed by atoms with Gasteiger partial charge < -0.3 is 65.5 Å². The fourth-order valence-corrected chi connectivity index (χ4v) is 8.54. The second-order valence-corrected chi connectivity index (χ2v) is 17.3. The first kappa shape index (κ1) is 54.2. The van der Waals surface area contributed by atoms with Gasteiger partial charge in [-0.2, -0.15) is 11.8 Å². The van der Waals surface area contributed by atoms with Crippen LogP contribution in [0.3, 0.4) is 0 Å². The van der Waals surface area contributed by atoms with Crippen molar-refractivity contribution in [2.75, 3.05) is 31.9 Å². The molecule has 64 heavy (non-hydrogen) atoms. The Bertz CT molecular complexity index is 1680. The number of carbonyl (C=O) groups excluding carboxylic acids is 10. The third-order valence-corrected chi connectivity index (χ3v) is 11.7. The van der Waals surface area contributed by atoms with Crippen LogP contribution in [0.25, 0.3) is 0 Å². The summed E-state index contributed by atoms with van der Waals surface area (Å²) in [5, 5.41) is 29.9. The number of hydroxylamine groups is 1. The van der Waals surface area contributed by atoms with Gasteiger partial charge in [0.15, 0.2) is 5.96 Å². The maximum absolute atomic E-state index is 13.5. The second kappa shape index (κ2) is 28.7. The van der Waals surface area contributed by atoms with E-state index in [1.807, 2.05) is 11.8 Å². The molecule has 2 aliphatic rings. The van der Waals surface area contributed by atoms with Crippen molar-refractivity contribution in [2.45, 2.75) is 126 Å². The van der Waals surface area contributed by atoms with Crippen LogP contribution in [0, 0.1) is 11.8 Å². The van der Waals surface area contributed by atoms with Gasteiger partial charge in [0.05, 0.1) is 31.6 Å². The highest BCUT2D eigenvalue weighted by molar-refractivity contribution is 8.00. The summed E-state index contributed by atoms with van der Waals surface area (Å²) in [6.45, 7) is 2.73. The Kier molecular flexibility index (Phi) is 24.3. The first-order chi connectivity index (χ1) is 30.3. The lowest BCUT2D eigenvalue weighted by atomic mass is 9.92. The van der Waals surface area contributed by atoms with Gasteiger partial charge in [-0.25, -0.2) is 10.3 Å². The Balaban J connectivity index is 1.80. The normalized spacial score (nSPS) is 18.1. The quantitative estimate of drug-likeness (QED) is 0.00781. The number of guanidine groups is 1. The largest absolute Gasteiger partial charge is 0.370 e. The van der Waals surface area contributed by atoms with E-state index in [0.29, 0.717) is 37.5 Å². The van der Waals surface area contributed by atoms with Crippen LogP contribution < -0.4 is 70.9 Å². The summed E-state index contributed by atoms with van der Waals surface area (Å²) in [5.74, 6) is -7.28. The molecule has 18 N–H and O–H groups in total. The number of rotatable bonds is 31. The first-order valence-electron chi connectivity index (χ1n) is 21.2. The van der Waals surface area contributed by atoms with Crippen molar-refractivity contribution in [3.05, 3.63) is 0 Å². The third-order valence-electron chi connectivity index (χ3n) is 10.2. The average molecular weight is 927 g/mol. The van der Waals surface area contributed by atoms with Crippen LogP contribution >= 0.6 is 11.8 Å². The van der Waals surface area contributed by atoms with Crippen LogP contribution in [-0.4, -0.2) is 138 Å². The van der Waals surface area contributed by atoms with Gasteiger partial charge in [0, 0.05) is 42.9 Å². The number of primary amides is 2. The fraction of sp³-hybridized carbons (Fsp3) is 0.711. The predicted octanol–water partition coefficient (Wildman–Crippen LogP) is -4.34. The van der Waals surface area contributed by atoms with Crippen LogP contribution in [0.15, 0.2) is 4.99 Å². The number of nitrogens with zero attached hydrogens (tertiary/aromatic N) is 1. The van der Waals surface area contributed by atoms with E-state index in [1.165, 1.54) is 5.48 Å². The molecule has 1 unspecified atom stereocenters. The Labute approximate surface area is 375 Å². The molecule has 2 rings (SSSR count). The first-order valence-corrected chi connectivity index (χ1v) is 22.3. The lowest BCUT2D eigenvalue weighted by molar-refractivity contribution is -0.137. The highest BCUT2D eigenvalue weighted by Gasteiger charge is 2.42. The molecule has 2 fully saturated rings. The standard InChI is InChI=1S/C38H66N14O11S/c1-20(2)14-21(15-29(55)52-63)34(59)48-23(9-7-13-44-37(41)42)36(61)49-24(16-27(39)53)35(60)46-17-30(56)45-18-31(57)47-22(33(40)58)8-5-6-12-43-28(54)11-4-3-10-26-32-25(19-64-26)50-38(62)51-32/h20-26,32,63H,3-19H2,1-2H3,(H2,39,53)(H2,40,58)(H,43,54)(H,45,56)(H,46,60)(H,47,57)(H,48,59)(H,49,61)(H,52,55)(H4,41,42,44)(H2,50,51,62)/t21?,22-,23-,24-,25-,26-,32-/m0/s1. The van der Waals surface area contributed by atoms with Gasteiger partial charge in [0.25, 0.3) is 0 Å². The number of amides is 11. The molecule has 2 aliphatic heterocycles. The van der Waals surface area contributed by atoms with Crippen LogP contribution in [-0.2, 0) is 43.2 Å². The van der Waals surface area contributed by atoms with E-state index in [2.05, 4.69) is 47.5 Å². The third kappa shape index (κ3) is 21.4. The van der Waals surface area contributed by atoms with Gasteiger partial charge in [0.2, 0.25) is 53.2 Å². The molecule has 0 aromatic carbocycles. The molecule has 2 heterocycles. The summed E-state index contributed by atoms with van der Waals surface area (Å²) < 4.78 is 0. The molecule has 25 nitrogen and oxygen atoms in total. The highest BCUT2D eigenvalue weighted by atomic mass is 32.2. The van der Waals surface area contributed by atoms with Gasteiger partial charge in [-0.05, 0) is 57.3 Å². The molecule has 0 bridgehead atoms. The maximum Gasteiger partial charge on any atom is 0.315 e. The average Bonchev–Trinajstić information content (AvgIpc) is 3.78. The zero-order valence-corrected chi connectivity index (χ0v) is 37.2. The summed E-state index contributed by atoms with van der Waals surface area (Å²) in [5.41, 5.74) is 23.0. The number of aliphatic imine (C=N–C) groups is 1. The summed E-state index contributed by atoms with van der Waals surface area (Å²) in [4.78, 5) is 128. The van der Waals surface area contributed by atoms with Crippen LogP contribution in [0.1, 0.15) is 90.9 Å². The molecule has 0 saturated carbocycles. The number of hydrogen-bond donors (Lipinski definition) is 14. The zero-order chi connectivity index (χ0) is 47.8. The van der Waals surface area contributed by atoms with Gasteiger partial charge in [-0.15, -0.1) is 0 Å². The molecule has 7 atom stereocenters. The molecule has 0 aromatic rings. The van der Waals surface area contributed by atoms with E-state index in [4.69, 9.17) is 28.1 Å². The number of thioether (sulfide) groups is 1. The molecule has 2 saturated heterocycles. The molecular weight excluding hydrogens is 861 g/mol. The van der Waals surface area contributed by atoms with Crippen molar-refractivity contribution >= 4 is 76.9 Å². The van der Waals surface area contributed by atoms with E-state index in [0.717, 1.165) is 18.6 Å². The Morgan fingerprint density at radius 3 is 2.08 bits per heavy atom. The van der Waals surface area contributed by atoms with Gasteiger partial charge in [-0.1, -0.05) is 20.3 Å². The van der Waals surface area contributed by atoms with Gasteiger partial charge in [0.1, 0.15) is 18.1 Å². The molecule has 0 aliphatic carbocycles. The summed E-state index contributed by atoms with van der Waals surface area (Å²) in [6.07, 6.45) is 3.18. The van der Waals surface area contributed by atoms with Crippen molar-refractivity contribution in [2.24, 2.45) is 39.8 Å². The van der Waals surface area contributed by atoms with Crippen LogP contribution in [0.2, 0.25) is 0 Å². The minimum Gasteiger partial charge on any atom is -0.370 e. The Morgan fingerprint density at radius 1 is 0.734 bits per heavy atom. The molecular formula is C38H66N14O11S. The number of nitrogens with one attached hydrogen (secondary N) is 9. The molecule has 0 aromatic heterocycles. The number of urea groups is 1. The van der Waals surface area contributed by atoms with E-state index in [-0.39, 0.29) is 74.5 Å². The molecule has 11 amide bonds. The zero-order valence-electron chi connectivity index (χ0n) is 36.3. The van der Waals surface area contributed by atoms with Gasteiger partial charge in [-0.3, -0.25) is 53.4 Å². The van der Waals surface area contributed by atoms with Crippen LogP contribution in [0.5, 0.6) is 0 Å². The number of unbranched alkanes of at least 4 members (excludes halogenated alkanes) is 2. The van der Waals surface area contributed by atoms with Crippen molar-refractivity contribution in [3.8, 4) is 0 Å². The van der Waals surface area contributed by atoms with Crippen molar-refractivity contribution in [1.82, 2.24) is 48.0 Å². The Hall–Kier alpha value is -5.92. The van der Waals surface area contributed by atoms with Crippen molar-refractivity contribution in [1.29, 1.82) is 0 Å². The second-order valence-electron chi connectivity index (χ2n) is 16.0. The lowest BCUT2D eigenvalue weighted by Crippen LogP contribution is -2.56. The number of hydrogen-bond acceptors (Lipinski definition) is 13. The topological polar surface area (TPSA) is 416 Å². The number of fused-ring (bicyclic) bond motifs is 1. The molecule has 0 spiro atoms. The molecule has 0 radical (unpaired) electrons. The summed E-state index contributed by atoms with van der Waals surface area (Å²) >= 11 is 1.82. The monoisotopic (exact) mass is 926 g/mol. The van der Waals surface area contributed by atoms with Crippen molar-refractivity contribution in [3.63, 3.8) is 0 Å². The SMILES string of the molecule is CC(C)CC(CC(=O)NO)C(=O)N[C@@H](CCCN=C(N)N)C(=O)N[C@@H](CC(N)=O)C(=O)NCC(=O)NCC(=O)N[C@@H](CCCCNC(=O)CCCC[C@@H]1SC[C@@H]2NC(=O)N[C@@H]21)C(N)=O. The molecule has 26 heteroatoms. The number of carbonyl (C=O) groups is 10. The Morgan fingerprint density at radius 2 is 1.42 bits per heavy atom. The minimum absolute atomic E-state index is 0.0517. The molecule has 360 valence electrons. The van der Waals surface area contributed by atoms with E-state index in [9.17, 15) is 47.9 Å². The van der Waals surface area contributed by atoms with Crippen molar-refractivity contribution < 1.29 is 53.2 Å². The van der Waals surface area contributed by atoms with E-state index in [1.54, 1.807) is 13.8 Å².